The number of carbonyl (C=O) groups excluding carboxylic acids is 2. The van der Waals surface area contributed by atoms with Crippen LogP contribution in [0.2, 0.25) is 0 Å². The number of carbonyl (C=O) groups is 2. The minimum absolute atomic E-state index is 0.146. The van der Waals surface area contributed by atoms with E-state index in [0.29, 0.717) is 63.7 Å². The van der Waals surface area contributed by atoms with E-state index in [4.69, 9.17) is 21.1 Å². The van der Waals surface area contributed by atoms with E-state index >= 15 is 0 Å². The lowest BCUT2D eigenvalue weighted by molar-refractivity contribution is -0.116. The summed E-state index contributed by atoms with van der Waals surface area (Å²) in [5.41, 5.74) is 3.44. The number of nitrogens with one attached hydrogen (secondary N) is 1. The number of hydrogen-bond donors (Lipinski definition) is 1. The van der Waals surface area contributed by atoms with Gasteiger partial charge in [-0.25, -0.2) is 0 Å². The van der Waals surface area contributed by atoms with Gasteiger partial charge in [-0.3, -0.25) is 9.59 Å². The molecular weight excluding hydrogens is 366 g/mol. The molecule has 0 radical (unpaired) electrons. The van der Waals surface area contributed by atoms with Crippen molar-refractivity contribution in [1.29, 1.82) is 0 Å². The highest BCUT2D eigenvalue weighted by molar-refractivity contribution is 6.21. The first-order chi connectivity index (χ1) is 13.0. The maximum Gasteiger partial charge on any atom is 0.224 e. The number of amides is 1. The molecule has 0 aliphatic heterocycles. The summed E-state index contributed by atoms with van der Waals surface area (Å²) >= 11 is 5.64. The van der Waals surface area contributed by atoms with E-state index in [0.717, 1.165) is 0 Å². The molecule has 0 atom stereocenters. The van der Waals surface area contributed by atoms with E-state index in [-0.39, 0.29) is 11.7 Å². The number of methoxy groups -OCH3 is 2. The molecule has 1 N–H and O–H groups in total. The largest absolute Gasteiger partial charge is 0.496 e. The highest BCUT2D eigenvalue weighted by Crippen LogP contribution is 2.43. The first-order valence-electron chi connectivity index (χ1n) is 8.51. The van der Waals surface area contributed by atoms with Crippen molar-refractivity contribution >= 4 is 34.6 Å². The molecule has 0 unspecified atom stereocenters. The monoisotopic (exact) mass is 385 g/mol. The summed E-state index contributed by atoms with van der Waals surface area (Å²) in [7, 11) is 3.01. The van der Waals surface area contributed by atoms with E-state index in [2.05, 4.69) is 11.9 Å². The van der Waals surface area contributed by atoms with Gasteiger partial charge in [0.15, 0.2) is 0 Å². The first kappa shape index (κ1) is 19.0. The second kappa shape index (κ2) is 7.84. The topological polar surface area (TPSA) is 64.6 Å². The lowest BCUT2D eigenvalue weighted by Gasteiger charge is -2.25. The predicted molar refractivity (Wildman–Crippen MR) is 106 cm³/mol. The molecule has 0 heterocycles. The fourth-order valence-electron chi connectivity index (χ4n) is 3.23. The van der Waals surface area contributed by atoms with Crippen LogP contribution in [0.1, 0.15) is 39.9 Å². The fraction of sp³-hybridized carbons (Fsp3) is 0.238. The van der Waals surface area contributed by atoms with Crippen molar-refractivity contribution < 1.29 is 19.1 Å². The summed E-state index contributed by atoms with van der Waals surface area (Å²) in [6.45, 7) is 4.16. The van der Waals surface area contributed by atoms with Gasteiger partial charge in [-0.15, -0.1) is 11.6 Å². The zero-order chi connectivity index (χ0) is 19.6. The first-order valence-corrected chi connectivity index (χ1v) is 9.04. The molecule has 2 aromatic rings. The van der Waals surface area contributed by atoms with Gasteiger partial charge in [-0.1, -0.05) is 18.7 Å². The number of alkyl halides is 1. The van der Waals surface area contributed by atoms with Gasteiger partial charge in [-0.2, -0.15) is 0 Å². The Morgan fingerprint density at radius 1 is 1.11 bits per heavy atom. The fourth-order valence-corrected chi connectivity index (χ4v) is 3.36. The second-order valence-electron chi connectivity index (χ2n) is 6.13. The van der Waals surface area contributed by atoms with Gasteiger partial charge in [0.05, 0.1) is 25.3 Å². The Hall–Kier alpha value is -2.79. The Morgan fingerprint density at radius 2 is 1.81 bits per heavy atom. The Morgan fingerprint density at radius 3 is 2.48 bits per heavy atom. The molecule has 27 heavy (non-hydrogen) atoms. The van der Waals surface area contributed by atoms with Gasteiger partial charge >= 0.3 is 0 Å². The third-order valence-electron chi connectivity index (χ3n) is 4.49. The van der Waals surface area contributed by atoms with Crippen LogP contribution in [0.4, 0.5) is 5.69 Å². The summed E-state index contributed by atoms with van der Waals surface area (Å²) in [6, 6.07) is 8.78. The number of ether oxygens (including phenoxy) is 2. The quantitative estimate of drug-likeness (QED) is 0.643. The number of benzene rings is 2. The van der Waals surface area contributed by atoms with Crippen molar-refractivity contribution in [3.63, 3.8) is 0 Å². The molecule has 0 saturated carbocycles. The van der Waals surface area contributed by atoms with E-state index in [1.165, 1.54) is 14.2 Å². The zero-order valence-electron chi connectivity index (χ0n) is 15.2. The van der Waals surface area contributed by atoms with Crippen molar-refractivity contribution in [1.82, 2.24) is 0 Å². The molecule has 6 heteroatoms. The summed E-state index contributed by atoms with van der Waals surface area (Å²) in [6.07, 6.45) is 0.913. The SMILES string of the molecule is C=C1c2cccc(OC)c2C(=O)c2c(OC)cc(NC(=O)CCCCl)cc21. The van der Waals surface area contributed by atoms with Gasteiger partial charge in [0, 0.05) is 24.1 Å². The van der Waals surface area contributed by atoms with Crippen LogP contribution in [0.3, 0.4) is 0 Å². The van der Waals surface area contributed by atoms with Gasteiger partial charge in [0.25, 0.3) is 0 Å². The van der Waals surface area contributed by atoms with Crippen molar-refractivity contribution in [2.24, 2.45) is 0 Å². The standard InChI is InChI=1S/C21H20ClNO4/c1-12-14-6-4-7-16(26-2)19(14)21(25)20-15(12)10-13(11-17(20)27-3)23-18(24)8-5-9-22/h4,6-7,10-11H,1,5,8-9H2,2-3H3,(H,23,24). The number of ketones is 1. The molecule has 0 bridgehead atoms. The third-order valence-corrected chi connectivity index (χ3v) is 4.76. The number of fused-ring (bicyclic) bond motifs is 2. The molecule has 0 spiro atoms. The van der Waals surface area contributed by atoms with Crippen LogP contribution in [-0.4, -0.2) is 31.8 Å². The predicted octanol–water partition coefficient (Wildman–Crippen LogP) is 4.27. The van der Waals surface area contributed by atoms with Gasteiger partial charge in [-0.05, 0) is 35.3 Å². The van der Waals surface area contributed by atoms with E-state index in [9.17, 15) is 9.59 Å². The van der Waals surface area contributed by atoms with Crippen LogP contribution < -0.4 is 14.8 Å². The smallest absolute Gasteiger partial charge is 0.224 e. The normalized spacial score (nSPS) is 12.3. The van der Waals surface area contributed by atoms with Crippen LogP contribution in [0, 0.1) is 0 Å². The number of anilines is 1. The van der Waals surface area contributed by atoms with Crippen LogP contribution in [-0.2, 0) is 4.79 Å². The minimum atomic E-state index is -0.193. The highest BCUT2D eigenvalue weighted by atomic mass is 35.5. The van der Waals surface area contributed by atoms with Gasteiger partial charge in [0.2, 0.25) is 11.7 Å². The summed E-state index contributed by atoms with van der Waals surface area (Å²) in [4.78, 5) is 25.2. The number of halogens is 1. The molecule has 1 aliphatic carbocycles. The van der Waals surface area contributed by atoms with Gasteiger partial charge < -0.3 is 14.8 Å². The molecule has 140 valence electrons. The molecule has 5 nitrogen and oxygen atoms in total. The average Bonchev–Trinajstić information content (AvgIpc) is 2.69. The van der Waals surface area contributed by atoms with Crippen LogP contribution >= 0.6 is 11.6 Å². The van der Waals surface area contributed by atoms with Crippen LogP contribution in [0.15, 0.2) is 36.9 Å². The highest BCUT2D eigenvalue weighted by Gasteiger charge is 2.32. The Labute approximate surface area is 162 Å². The molecule has 0 saturated heterocycles. The van der Waals surface area contributed by atoms with Crippen molar-refractivity contribution in [2.45, 2.75) is 12.8 Å². The Kier molecular flexibility index (Phi) is 5.51. The third kappa shape index (κ3) is 3.43. The molecule has 1 amide bonds. The summed E-state index contributed by atoms with van der Waals surface area (Å²) < 4.78 is 10.8. The Bertz CT molecular complexity index is 936. The van der Waals surface area contributed by atoms with Crippen LogP contribution in [0.25, 0.3) is 5.57 Å². The lowest BCUT2D eigenvalue weighted by atomic mass is 9.81. The molecule has 0 fully saturated rings. The minimum Gasteiger partial charge on any atom is -0.496 e. The van der Waals surface area contributed by atoms with E-state index < -0.39 is 0 Å². The molecule has 0 aromatic heterocycles. The Balaban J connectivity index is 2.09. The second-order valence-corrected chi connectivity index (χ2v) is 6.51. The summed E-state index contributed by atoms with van der Waals surface area (Å²) in [5.74, 6) is 0.951. The zero-order valence-corrected chi connectivity index (χ0v) is 16.0. The van der Waals surface area contributed by atoms with Crippen molar-refractivity contribution in [2.75, 3.05) is 25.4 Å². The number of hydrogen-bond acceptors (Lipinski definition) is 4. The van der Waals surface area contributed by atoms with Crippen LogP contribution in [0.5, 0.6) is 11.5 Å². The number of rotatable bonds is 6. The maximum atomic E-state index is 13.2. The van der Waals surface area contributed by atoms with Crippen molar-refractivity contribution in [3.05, 3.63) is 59.2 Å². The molecule has 1 aliphatic rings. The molecule has 3 rings (SSSR count). The lowest BCUT2D eigenvalue weighted by Crippen LogP contribution is -2.18. The average molecular weight is 386 g/mol. The van der Waals surface area contributed by atoms with E-state index in [1.807, 2.05) is 12.1 Å². The summed E-state index contributed by atoms with van der Waals surface area (Å²) in [5, 5.41) is 2.83. The van der Waals surface area contributed by atoms with Crippen molar-refractivity contribution in [3.8, 4) is 11.5 Å². The van der Waals surface area contributed by atoms with E-state index in [1.54, 1.807) is 18.2 Å². The molecule has 2 aromatic carbocycles. The van der Waals surface area contributed by atoms with Gasteiger partial charge in [0.1, 0.15) is 11.5 Å². The molecular formula is C21H20ClNO4. The maximum absolute atomic E-state index is 13.2.